The van der Waals surface area contributed by atoms with E-state index >= 15 is 0 Å². The maximum absolute atomic E-state index is 11.7. The summed E-state index contributed by atoms with van der Waals surface area (Å²) < 4.78 is 6.18. The SMILES string of the molecule is CN(C(=O)OC(C)(C)C)c1ccsc1Br. The average molecular weight is 292 g/mol. The van der Waals surface area contributed by atoms with Gasteiger partial charge in [-0.15, -0.1) is 11.3 Å². The Morgan fingerprint density at radius 2 is 2.13 bits per heavy atom. The fourth-order valence-corrected chi connectivity index (χ4v) is 2.32. The maximum Gasteiger partial charge on any atom is 0.414 e. The number of thiophene rings is 1. The van der Waals surface area contributed by atoms with E-state index in [4.69, 9.17) is 4.74 Å². The minimum Gasteiger partial charge on any atom is -0.443 e. The number of carbonyl (C=O) groups excluding carboxylic acids is 1. The molecule has 0 aromatic carbocycles. The van der Waals surface area contributed by atoms with E-state index in [2.05, 4.69) is 15.9 Å². The predicted octanol–water partition coefficient (Wildman–Crippen LogP) is 3.88. The molecular formula is C10H14BrNO2S. The first kappa shape index (κ1) is 12.5. The summed E-state index contributed by atoms with van der Waals surface area (Å²) in [4.78, 5) is 13.2. The lowest BCUT2D eigenvalue weighted by molar-refractivity contribution is 0.0589. The Labute approximate surface area is 102 Å². The Bertz CT molecular complexity index is 357. The third-order valence-electron chi connectivity index (χ3n) is 1.63. The van der Waals surface area contributed by atoms with Crippen LogP contribution in [0.5, 0.6) is 0 Å². The van der Waals surface area contributed by atoms with Gasteiger partial charge in [-0.25, -0.2) is 4.79 Å². The summed E-state index contributed by atoms with van der Waals surface area (Å²) in [6, 6.07) is 1.87. The van der Waals surface area contributed by atoms with Gasteiger partial charge < -0.3 is 4.74 Å². The molecule has 0 unspecified atom stereocenters. The molecule has 0 aliphatic heterocycles. The Balaban J connectivity index is 2.74. The number of nitrogens with zero attached hydrogens (tertiary/aromatic N) is 1. The highest BCUT2D eigenvalue weighted by molar-refractivity contribution is 9.11. The van der Waals surface area contributed by atoms with Crippen LogP contribution in [0.25, 0.3) is 0 Å². The van der Waals surface area contributed by atoms with Crippen LogP contribution in [0.15, 0.2) is 15.2 Å². The van der Waals surface area contributed by atoms with Crippen LogP contribution >= 0.6 is 27.3 Å². The molecule has 5 heteroatoms. The van der Waals surface area contributed by atoms with Gasteiger partial charge in [-0.05, 0) is 48.1 Å². The fourth-order valence-electron chi connectivity index (χ4n) is 0.956. The Hall–Kier alpha value is -0.550. The molecule has 0 saturated heterocycles. The van der Waals surface area contributed by atoms with Crippen molar-refractivity contribution in [2.75, 3.05) is 11.9 Å². The largest absolute Gasteiger partial charge is 0.443 e. The van der Waals surface area contributed by atoms with Crippen molar-refractivity contribution in [3.8, 4) is 0 Å². The lowest BCUT2D eigenvalue weighted by atomic mass is 10.2. The van der Waals surface area contributed by atoms with Crippen LogP contribution in [0.3, 0.4) is 0 Å². The van der Waals surface area contributed by atoms with Crippen molar-refractivity contribution in [3.63, 3.8) is 0 Å². The van der Waals surface area contributed by atoms with Gasteiger partial charge in [0, 0.05) is 7.05 Å². The number of ether oxygens (including phenoxy) is 1. The Morgan fingerprint density at radius 3 is 2.53 bits per heavy atom. The summed E-state index contributed by atoms with van der Waals surface area (Å²) in [7, 11) is 1.70. The molecule has 84 valence electrons. The van der Waals surface area contributed by atoms with Gasteiger partial charge in [-0.3, -0.25) is 4.90 Å². The van der Waals surface area contributed by atoms with E-state index in [1.807, 2.05) is 32.2 Å². The second-order valence-corrected chi connectivity index (χ2v) is 6.35. The lowest BCUT2D eigenvalue weighted by Gasteiger charge is -2.24. The van der Waals surface area contributed by atoms with Gasteiger partial charge >= 0.3 is 6.09 Å². The van der Waals surface area contributed by atoms with Gasteiger partial charge in [-0.2, -0.15) is 0 Å². The lowest BCUT2D eigenvalue weighted by Crippen LogP contribution is -2.34. The standard InChI is InChI=1S/C10H14BrNO2S/c1-10(2,3)14-9(13)12(4)7-5-6-15-8(7)11/h5-6H,1-4H3. The minimum atomic E-state index is -0.464. The number of rotatable bonds is 1. The minimum absolute atomic E-state index is 0.346. The summed E-state index contributed by atoms with van der Waals surface area (Å²) in [5.41, 5.74) is 0.364. The smallest absolute Gasteiger partial charge is 0.414 e. The Morgan fingerprint density at radius 1 is 1.53 bits per heavy atom. The van der Waals surface area contributed by atoms with E-state index in [-0.39, 0.29) is 6.09 Å². The molecule has 0 spiro atoms. The van der Waals surface area contributed by atoms with Crippen molar-refractivity contribution in [3.05, 3.63) is 15.2 Å². The van der Waals surface area contributed by atoms with Crippen LogP contribution in [-0.4, -0.2) is 18.7 Å². The number of carbonyl (C=O) groups is 1. The number of anilines is 1. The molecule has 0 aliphatic rings. The number of halogens is 1. The number of hydrogen-bond acceptors (Lipinski definition) is 3. The van der Waals surface area contributed by atoms with Crippen LogP contribution < -0.4 is 4.90 Å². The number of hydrogen-bond donors (Lipinski definition) is 0. The quantitative estimate of drug-likeness (QED) is 0.786. The molecule has 0 radical (unpaired) electrons. The van der Waals surface area contributed by atoms with Gasteiger partial charge in [-0.1, -0.05) is 0 Å². The predicted molar refractivity (Wildman–Crippen MR) is 66.7 cm³/mol. The molecule has 0 N–H and O–H groups in total. The van der Waals surface area contributed by atoms with Crippen molar-refractivity contribution in [2.45, 2.75) is 26.4 Å². The van der Waals surface area contributed by atoms with Gasteiger partial charge in [0.1, 0.15) is 5.60 Å². The molecule has 0 saturated carbocycles. The van der Waals surface area contributed by atoms with Crippen molar-refractivity contribution in [2.24, 2.45) is 0 Å². The van der Waals surface area contributed by atoms with E-state index in [9.17, 15) is 4.79 Å². The van der Waals surface area contributed by atoms with Crippen LogP contribution in [0.2, 0.25) is 0 Å². The van der Waals surface area contributed by atoms with Gasteiger partial charge in [0.2, 0.25) is 0 Å². The summed E-state index contributed by atoms with van der Waals surface area (Å²) >= 11 is 4.92. The van der Waals surface area contributed by atoms with Gasteiger partial charge in [0.05, 0.1) is 9.47 Å². The summed E-state index contributed by atoms with van der Waals surface area (Å²) in [6.45, 7) is 5.55. The molecule has 3 nitrogen and oxygen atoms in total. The van der Waals surface area contributed by atoms with Crippen molar-refractivity contribution in [1.82, 2.24) is 0 Å². The van der Waals surface area contributed by atoms with E-state index in [0.29, 0.717) is 0 Å². The molecule has 0 aliphatic carbocycles. The van der Waals surface area contributed by atoms with Crippen LogP contribution in [0, 0.1) is 0 Å². The van der Waals surface area contributed by atoms with E-state index in [1.165, 1.54) is 16.2 Å². The average Bonchev–Trinajstić information content (AvgIpc) is 2.47. The normalized spacial score (nSPS) is 11.3. The van der Waals surface area contributed by atoms with E-state index in [1.54, 1.807) is 7.05 Å². The molecule has 1 aromatic rings. The zero-order valence-electron chi connectivity index (χ0n) is 9.20. The first-order valence-corrected chi connectivity index (χ1v) is 6.18. The van der Waals surface area contributed by atoms with Crippen LogP contribution in [0.4, 0.5) is 10.5 Å². The zero-order valence-corrected chi connectivity index (χ0v) is 11.6. The molecule has 0 fully saturated rings. The molecular weight excluding hydrogens is 278 g/mol. The molecule has 0 bridgehead atoms. The molecule has 15 heavy (non-hydrogen) atoms. The summed E-state index contributed by atoms with van der Waals surface area (Å²) in [5, 5.41) is 1.92. The fraction of sp³-hybridized carbons (Fsp3) is 0.500. The molecule has 1 aromatic heterocycles. The van der Waals surface area contributed by atoms with Crippen molar-refractivity contribution in [1.29, 1.82) is 0 Å². The van der Waals surface area contributed by atoms with Crippen LogP contribution in [0.1, 0.15) is 20.8 Å². The van der Waals surface area contributed by atoms with Crippen molar-refractivity contribution < 1.29 is 9.53 Å². The molecule has 0 atom stereocenters. The second kappa shape index (κ2) is 4.53. The monoisotopic (exact) mass is 291 g/mol. The summed E-state index contributed by atoms with van der Waals surface area (Å²) in [5.74, 6) is 0. The third kappa shape index (κ3) is 3.50. The first-order valence-electron chi connectivity index (χ1n) is 4.51. The van der Waals surface area contributed by atoms with Crippen LogP contribution in [-0.2, 0) is 4.74 Å². The second-order valence-electron chi connectivity index (χ2n) is 4.12. The highest BCUT2D eigenvalue weighted by atomic mass is 79.9. The highest BCUT2D eigenvalue weighted by Gasteiger charge is 2.21. The molecule has 1 amide bonds. The summed E-state index contributed by atoms with van der Waals surface area (Å²) in [6.07, 6.45) is -0.346. The first-order chi connectivity index (χ1) is 6.81. The number of amides is 1. The highest BCUT2D eigenvalue weighted by Crippen LogP contribution is 2.31. The van der Waals surface area contributed by atoms with E-state index in [0.717, 1.165) is 9.47 Å². The van der Waals surface area contributed by atoms with Gasteiger partial charge in [0.25, 0.3) is 0 Å². The topological polar surface area (TPSA) is 29.5 Å². The van der Waals surface area contributed by atoms with Gasteiger partial charge in [0.15, 0.2) is 0 Å². The molecule has 1 rings (SSSR count). The third-order valence-corrected chi connectivity index (χ3v) is 3.28. The maximum atomic E-state index is 11.7. The van der Waals surface area contributed by atoms with E-state index < -0.39 is 5.60 Å². The molecule has 1 heterocycles. The zero-order chi connectivity index (χ0) is 11.6. The van der Waals surface area contributed by atoms with Crippen molar-refractivity contribution >= 4 is 39.0 Å². The Kier molecular flexibility index (Phi) is 3.78.